The maximum atomic E-state index is 4.15. The first-order valence-corrected chi connectivity index (χ1v) is 6.98. The van der Waals surface area contributed by atoms with E-state index in [1.165, 1.54) is 21.9 Å². The summed E-state index contributed by atoms with van der Waals surface area (Å²) in [5.41, 5.74) is 3.57. The zero-order valence-electron chi connectivity index (χ0n) is 11.5. The van der Waals surface area contributed by atoms with Gasteiger partial charge in [-0.05, 0) is 28.5 Å². The zero-order valence-corrected chi connectivity index (χ0v) is 11.5. The Morgan fingerprint density at radius 3 is 2.43 bits per heavy atom. The van der Waals surface area contributed by atoms with Gasteiger partial charge in [-0.15, -0.1) is 0 Å². The van der Waals surface area contributed by atoms with Gasteiger partial charge in [-0.3, -0.25) is 0 Å². The van der Waals surface area contributed by atoms with Gasteiger partial charge >= 0.3 is 0 Å². The zero-order chi connectivity index (χ0) is 14.1. The van der Waals surface area contributed by atoms with Crippen molar-refractivity contribution in [3.63, 3.8) is 0 Å². The van der Waals surface area contributed by atoms with Gasteiger partial charge in [-0.25, -0.2) is 4.98 Å². The number of imidazole rings is 1. The number of benzene rings is 3. The Morgan fingerprint density at radius 1 is 0.762 bits per heavy atom. The van der Waals surface area contributed by atoms with E-state index < -0.39 is 0 Å². The van der Waals surface area contributed by atoms with Crippen LogP contribution in [0.4, 0.5) is 0 Å². The van der Waals surface area contributed by atoms with E-state index in [-0.39, 0.29) is 0 Å². The van der Waals surface area contributed by atoms with Crippen molar-refractivity contribution in [2.45, 2.75) is 0 Å². The Kier molecular flexibility index (Phi) is 2.79. The lowest BCUT2D eigenvalue weighted by Gasteiger charge is -2.11. The summed E-state index contributed by atoms with van der Waals surface area (Å²) >= 11 is 0. The van der Waals surface area contributed by atoms with Crippen LogP contribution in [-0.2, 0) is 0 Å². The fourth-order valence-electron chi connectivity index (χ4n) is 2.70. The van der Waals surface area contributed by atoms with E-state index in [9.17, 15) is 0 Å². The van der Waals surface area contributed by atoms with Crippen molar-refractivity contribution in [1.29, 1.82) is 0 Å². The van der Waals surface area contributed by atoms with Gasteiger partial charge in [0, 0.05) is 18.0 Å². The minimum absolute atomic E-state index is 1.14. The van der Waals surface area contributed by atoms with E-state index in [0.29, 0.717) is 0 Å². The van der Waals surface area contributed by atoms with Gasteiger partial charge in [0.25, 0.3) is 0 Å². The average Bonchev–Trinajstić information content (AvgIpc) is 3.09. The van der Waals surface area contributed by atoms with Crippen LogP contribution in [0.1, 0.15) is 0 Å². The molecule has 4 rings (SSSR count). The van der Waals surface area contributed by atoms with Gasteiger partial charge in [0.1, 0.15) is 0 Å². The van der Waals surface area contributed by atoms with Crippen molar-refractivity contribution in [3.05, 3.63) is 85.5 Å². The van der Waals surface area contributed by atoms with Gasteiger partial charge in [-0.2, -0.15) is 0 Å². The van der Waals surface area contributed by atoms with Crippen molar-refractivity contribution in [2.24, 2.45) is 0 Å². The van der Waals surface area contributed by atoms with E-state index in [1.54, 1.807) is 6.20 Å². The number of nitrogens with zero attached hydrogens (tertiary/aromatic N) is 2. The normalized spacial score (nSPS) is 10.9. The van der Waals surface area contributed by atoms with E-state index in [4.69, 9.17) is 0 Å². The number of para-hydroxylation sites is 1. The molecule has 0 aliphatic carbocycles. The third kappa shape index (κ3) is 2.11. The predicted octanol–water partition coefficient (Wildman–Crippen LogP) is 4.69. The van der Waals surface area contributed by atoms with Crippen molar-refractivity contribution < 1.29 is 0 Å². The lowest BCUT2D eigenvalue weighted by Crippen LogP contribution is -1.93. The summed E-state index contributed by atoms with van der Waals surface area (Å²) in [6, 6.07) is 23.4. The van der Waals surface area contributed by atoms with Crippen molar-refractivity contribution >= 4 is 10.8 Å². The van der Waals surface area contributed by atoms with Gasteiger partial charge in [0.15, 0.2) is 0 Å². The maximum absolute atomic E-state index is 4.15. The molecule has 0 N–H and O–H groups in total. The summed E-state index contributed by atoms with van der Waals surface area (Å²) < 4.78 is 2.05. The second-order valence-corrected chi connectivity index (χ2v) is 5.05. The highest BCUT2D eigenvalue weighted by atomic mass is 15.0. The summed E-state index contributed by atoms with van der Waals surface area (Å²) in [5, 5.41) is 2.52. The molecule has 0 aliphatic heterocycles. The standard InChI is InChI=1S/C19H14N2/c1-2-6-16-13-17(10-9-15(16)5-1)18-7-3-4-8-19(18)21-12-11-20-14-21/h1-14H. The molecule has 0 fully saturated rings. The molecule has 1 heterocycles. The first-order chi connectivity index (χ1) is 10.4. The second kappa shape index (κ2) is 4.91. The minimum Gasteiger partial charge on any atom is -0.306 e. The Bertz CT molecular complexity index is 892. The maximum Gasteiger partial charge on any atom is 0.0991 e. The number of hydrogen-bond donors (Lipinski definition) is 0. The molecule has 100 valence electrons. The monoisotopic (exact) mass is 270 g/mol. The topological polar surface area (TPSA) is 17.8 Å². The van der Waals surface area contributed by atoms with Crippen LogP contribution in [0, 0.1) is 0 Å². The van der Waals surface area contributed by atoms with E-state index in [1.807, 2.05) is 17.1 Å². The van der Waals surface area contributed by atoms with Crippen LogP contribution < -0.4 is 0 Å². The molecule has 0 saturated heterocycles. The van der Waals surface area contributed by atoms with E-state index in [2.05, 4.69) is 71.7 Å². The smallest absolute Gasteiger partial charge is 0.0991 e. The fraction of sp³-hybridized carbons (Fsp3) is 0. The molecule has 0 spiro atoms. The minimum atomic E-state index is 1.14. The molecule has 2 nitrogen and oxygen atoms in total. The molecule has 0 saturated carbocycles. The van der Waals surface area contributed by atoms with Crippen LogP contribution in [0.2, 0.25) is 0 Å². The third-order valence-corrected chi connectivity index (χ3v) is 3.75. The molecule has 21 heavy (non-hydrogen) atoms. The molecular weight excluding hydrogens is 256 g/mol. The number of hydrogen-bond acceptors (Lipinski definition) is 1. The largest absolute Gasteiger partial charge is 0.306 e. The van der Waals surface area contributed by atoms with Crippen molar-refractivity contribution in [2.75, 3.05) is 0 Å². The summed E-state index contributed by atoms with van der Waals surface area (Å²) in [6.07, 6.45) is 5.61. The molecular formula is C19H14N2. The summed E-state index contributed by atoms with van der Waals surface area (Å²) in [4.78, 5) is 4.15. The van der Waals surface area contributed by atoms with Crippen LogP contribution in [0.15, 0.2) is 85.5 Å². The lowest BCUT2D eigenvalue weighted by atomic mass is 10.00. The highest BCUT2D eigenvalue weighted by Crippen LogP contribution is 2.29. The molecule has 0 unspecified atom stereocenters. The quantitative estimate of drug-likeness (QED) is 0.516. The first-order valence-electron chi connectivity index (χ1n) is 6.98. The molecule has 3 aromatic carbocycles. The van der Waals surface area contributed by atoms with Gasteiger partial charge in [0.2, 0.25) is 0 Å². The van der Waals surface area contributed by atoms with Gasteiger partial charge in [0.05, 0.1) is 12.0 Å². The Morgan fingerprint density at radius 2 is 1.57 bits per heavy atom. The Hall–Kier alpha value is -2.87. The molecule has 1 aromatic heterocycles. The lowest BCUT2D eigenvalue weighted by molar-refractivity contribution is 1.06. The van der Waals surface area contributed by atoms with Crippen LogP contribution in [0.25, 0.3) is 27.6 Å². The molecule has 0 amide bonds. The van der Waals surface area contributed by atoms with Gasteiger partial charge in [-0.1, -0.05) is 54.6 Å². The van der Waals surface area contributed by atoms with E-state index >= 15 is 0 Å². The average molecular weight is 270 g/mol. The molecule has 2 heteroatoms. The molecule has 0 radical (unpaired) electrons. The second-order valence-electron chi connectivity index (χ2n) is 5.05. The SMILES string of the molecule is c1ccc(-n2ccnc2)c(-c2ccc3ccccc3c2)c1. The fourth-order valence-corrected chi connectivity index (χ4v) is 2.70. The number of rotatable bonds is 2. The molecule has 0 bridgehead atoms. The number of aromatic nitrogens is 2. The van der Waals surface area contributed by atoms with E-state index in [0.717, 1.165) is 5.69 Å². The van der Waals surface area contributed by atoms with Gasteiger partial charge < -0.3 is 4.57 Å². The summed E-state index contributed by atoms with van der Waals surface area (Å²) in [7, 11) is 0. The predicted molar refractivity (Wildman–Crippen MR) is 86.5 cm³/mol. The van der Waals surface area contributed by atoms with Crippen LogP contribution in [-0.4, -0.2) is 9.55 Å². The summed E-state index contributed by atoms with van der Waals surface area (Å²) in [5.74, 6) is 0. The Balaban J connectivity index is 1.93. The Labute approximate surface area is 123 Å². The van der Waals surface area contributed by atoms with Crippen molar-refractivity contribution in [1.82, 2.24) is 9.55 Å². The van der Waals surface area contributed by atoms with Crippen LogP contribution in [0.3, 0.4) is 0 Å². The third-order valence-electron chi connectivity index (χ3n) is 3.75. The number of fused-ring (bicyclic) bond motifs is 1. The molecule has 0 aliphatic rings. The molecule has 4 aromatic rings. The van der Waals surface area contributed by atoms with Crippen LogP contribution >= 0.6 is 0 Å². The first kappa shape index (κ1) is 11.9. The highest BCUT2D eigenvalue weighted by Gasteiger charge is 2.06. The summed E-state index contributed by atoms with van der Waals surface area (Å²) in [6.45, 7) is 0. The molecule has 0 atom stereocenters. The van der Waals surface area contributed by atoms with Crippen LogP contribution in [0.5, 0.6) is 0 Å². The highest BCUT2D eigenvalue weighted by molar-refractivity contribution is 5.88. The van der Waals surface area contributed by atoms with Crippen molar-refractivity contribution in [3.8, 4) is 16.8 Å².